The van der Waals surface area contributed by atoms with Crippen molar-refractivity contribution in [2.45, 2.75) is 11.0 Å². The van der Waals surface area contributed by atoms with Crippen molar-refractivity contribution in [1.82, 2.24) is 4.90 Å². The highest BCUT2D eigenvalue weighted by molar-refractivity contribution is 8.00. The van der Waals surface area contributed by atoms with E-state index in [1.54, 1.807) is 4.90 Å². The number of ether oxygens (including phenoxy) is 1. The second-order valence-corrected chi connectivity index (χ2v) is 5.17. The van der Waals surface area contributed by atoms with Gasteiger partial charge in [0.1, 0.15) is 0 Å². The number of amides is 1. The predicted molar refractivity (Wildman–Crippen MR) is 70.6 cm³/mol. The van der Waals surface area contributed by atoms with E-state index < -0.39 is 0 Å². The van der Waals surface area contributed by atoms with Crippen LogP contribution in [0.15, 0.2) is 35.2 Å². The molecule has 1 aromatic carbocycles. The number of benzene rings is 1. The minimum Gasteiger partial charge on any atom is -0.394 e. The van der Waals surface area contributed by atoms with E-state index in [2.05, 4.69) is 0 Å². The summed E-state index contributed by atoms with van der Waals surface area (Å²) in [7, 11) is 0. The lowest BCUT2D eigenvalue weighted by Gasteiger charge is -2.32. The van der Waals surface area contributed by atoms with E-state index in [-0.39, 0.29) is 18.6 Å². The van der Waals surface area contributed by atoms with Crippen molar-refractivity contribution in [3.05, 3.63) is 30.3 Å². The van der Waals surface area contributed by atoms with Gasteiger partial charge in [0.25, 0.3) is 0 Å². The number of thioether (sulfide) groups is 1. The molecule has 4 nitrogen and oxygen atoms in total. The van der Waals surface area contributed by atoms with E-state index in [9.17, 15) is 4.79 Å². The van der Waals surface area contributed by atoms with Crippen LogP contribution in [0.5, 0.6) is 0 Å². The Morgan fingerprint density at radius 2 is 2.22 bits per heavy atom. The normalized spacial score (nSPS) is 19.8. The van der Waals surface area contributed by atoms with Crippen molar-refractivity contribution in [3.63, 3.8) is 0 Å². The SMILES string of the molecule is O=C(CSc1ccccc1)N1CCOC(CO)C1. The first kappa shape index (κ1) is 13.4. The molecule has 1 aromatic rings. The number of hydrogen-bond acceptors (Lipinski definition) is 4. The third kappa shape index (κ3) is 3.73. The zero-order valence-corrected chi connectivity index (χ0v) is 10.9. The van der Waals surface area contributed by atoms with Crippen molar-refractivity contribution in [3.8, 4) is 0 Å². The second kappa shape index (κ2) is 6.78. The van der Waals surface area contributed by atoms with Crippen molar-refractivity contribution >= 4 is 17.7 Å². The Kier molecular flexibility index (Phi) is 5.04. The van der Waals surface area contributed by atoms with Gasteiger partial charge in [-0.15, -0.1) is 11.8 Å². The molecule has 0 aliphatic carbocycles. The first-order valence-electron chi connectivity index (χ1n) is 5.97. The third-order valence-electron chi connectivity index (χ3n) is 2.80. The third-order valence-corrected chi connectivity index (χ3v) is 3.80. The molecule has 98 valence electrons. The molecule has 0 spiro atoms. The molecule has 1 aliphatic heterocycles. The maximum Gasteiger partial charge on any atom is 0.233 e. The molecular weight excluding hydrogens is 250 g/mol. The fraction of sp³-hybridized carbons (Fsp3) is 0.462. The first-order valence-corrected chi connectivity index (χ1v) is 6.96. The summed E-state index contributed by atoms with van der Waals surface area (Å²) in [5.74, 6) is 0.535. The van der Waals surface area contributed by atoms with Crippen LogP contribution in [0.25, 0.3) is 0 Å². The summed E-state index contributed by atoms with van der Waals surface area (Å²) in [5.41, 5.74) is 0. The van der Waals surface area contributed by atoms with Gasteiger partial charge in [-0.1, -0.05) is 18.2 Å². The fourth-order valence-corrected chi connectivity index (χ4v) is 2.63. The van der Waals surface area contributed by atoms with Gasteiger partial charge in [0, 0.05) is 18.0 Å². The molecule has 1 heterocycles. The number of aliphatic hydroxyl groups is 1. The molecule has 0 radical (unpaired) electrons. The van der Waals surface area contributed by atoms with Gasteiger partial charge < -0.3 is 14.7 Å². The van der Waals surface area contributed by atoms with Crippen LogP contribution in [0.1, 0.15) is 0 Å². The maximum absolute atomic E-state index is 12.0. The van der Waals surface area contributed by atoms with Crippen LogP contribution in [0.3, 0.4) is 0 Å². The minimum absolute atomic E-state index is 0.0321. The molecule has 1 saturated heterocycles. The van der Waals surface area contributed by atoms with Crippen LogP contribution in [0, 0.1) is 0 Å². The highest BCUT2D eigenvalue weighted by atomic mass is 32.2. The van der Waals surface area contributed by atoms with E-state index >= 15 is 0 Å². The Balaban J connectivity index is 1.81. The lowest BCUT2D eigenvalue weighted by Crippen LogP contribution is -2.47. The number of nitrogens with zero attached hydrogens (tertiary/aromatic N) is 1. The first-order chi connectivity index (χ1) is 8.79. The van der Waals surface area contributed by atoms with Gasteiger partial charge in [-0.2, -0.15) is 0 Å². The van der Waals surface area contributed by atoms with Gasteiger partial charge >= 0.3 is 0 Å². The standard InChI is InChI=1S/C13H17NO3S/c15-9-11-8-14(6-7-17-11)13(16)10-18-12-4-2-1-3-5-12/h1-5,11,15H,6-10H2. The zero-order valence-electron chi connectivity index (χ0n) is 10.1. The van der Waals surface area contributed by atoms with Crippen molar-refractivity contribution in [2.75, 3.05) is 32.1 Å². The highest BCUT2D eigenvalue weighted by Crippen LogP contribution is 2.18. The number of carbonyl (C=O) groups excluding carboxylic acids is 1. The number of hydrogen-bond donors (Lipinski definition) is 1. The molecule has 2 rings (SSSR count). The van der Waals surface area contributed by atoms with E-state index in [1.165, 1.54) is 11.8 Å². The van der Waals surface area contributed by atoms with E-state index in [0.29, 0.717) is 25.4 Å². The molecule has 1 unspecified atom stereocenters. The minimum atomic E-state index is -0.232. The Morgan fingerprint density at radius 1 is 1.44 bits per heavy atom. The largest absolute Gasteiger partial charge is 0.394 e. The molecule has 1 atom stereocenters. The van der Waals surface area contributed by atoms with Gasteiger partial charge in [0.05, 0.1) is 25.1 Å². The monoisotopic (exact) mass is 267 g/mol. The van der Waals surface area contributed by atoms with Gasteiger partial charge in [-0.25, -0.2) is 0 Å². The number of carbonyl (C=O) groups is 1. The summed E-state index contributed by atoms with van der Waals surface area (Å²) >= 11 is 1.54. The van der Waals surface area contributed by atoms with Crippen LogP contribution >= 0.6 is 11.8 Å². The average molecular weight is 267 g/mol. The molecule has 1 amide bonds. The lowest BCUT2D eigenvalue weighted by atomic mass is 10.3. The van der Waals surface area contributed by atoms with E-state index in [4.69, 9.17) is 9.84 Å². The van der Waals surface area contributed by atoms with Gasteiger partial charge in [-0.3, -0.25) is 4.79 Å². The zero-order chi connectivity index (χ0) is 12.8. The summed E-state index contributed by atoms with van der Waals surface area (Å²) in [6.07, 6.45) is -0.232. The average Bonchev–Trinajstić information content (AvgIpc) is 2.46. The maximum atomic E-state index is 12.0. The molecule has 1 fully saturated rings. The Labute approximate surface area is 111 Å². The Morgan fingerprint density at radius 3 is 2.94 bits per heavy atom. The number of morpholine rings is 1. The Bertz CT molecular complexity index is 385. The van der Waals surface area contributed by atoms with E-state index in [0.717, 1.165) is 4.90 Å². The topological polar surface area (TPSA) is 49.8 Å². The van der Waals surface area contributed by atoms with Gasteiger partial charge in [0.2, 0.25) is 5.91 Å². The summed E-state index contributed by atoms with van der Waals surface area (Å²) in [6, 6.07) is 9.87. The van der Waals surface area contributed by atoms with Crippen LogP contribution in [0.4, 0.5) is 0 Å². The second-order valence-electron chi connectivity index (χ2n) is 4.12. The number of rotatable bonds is 4. The number of aliphatic hydroxyl groups excluding tert-OH is 1. The van der Waals surface area contributed by atoms with Crippen LogP contribution in [0.2, 0.25) is 0 Å². The molecule has 0 aromatic heterocycles. The smallest absolute Gasteiger partial charge is 0.233 e. The van der Waals surface area contributed by atoms with Crippen LogP contribution < -0.4 is 0 Å². The fourth-order valence-electron chi connectivity index (χ4n) is 1.81. The summed E-state index contributed by atoms with van der Waals surface area (Å²) < 4.78 is 5.32. The summed E-state index contributed by atoms with van der Waals surface area (Å²) in [6.45, 7) is 1.58. The molecule has 1 aliphatic rings. The Hall–Kier alpha value is -1.04. The molecule has 0 bridgehead atoms. The van der Waals surface area contributed by atoms with E-state index in [1.807, 2.05) is 30.3 Å². The van der Waals surface area contributed by atoms with Crippen LogP contribution in [-0.2, 0) is 9.53 Å². The molecule has 1 N–H and O–H groups in total. The van der Waals surface area contributed by atoms with Crippen molar-refractivity contribution in [2.24, 2.45) is 0 Å². The predicted octanol–water partition coefficient (Wildman–Crippen LogP) is 0.998. The molecule has 0 saturated carbocycles. The van der Waals surface area contributed by atoms with Gasteiger partial charge in [-0.05, 0) is 12.1 Å². The van der Waals surface area contributed by atoms with Crippen molar-refractivity contribution in [1.29, 1.82) is 0 Å². The molecule has 5 heteroatoms. The molecule has 18 heavy (non-hydrogen) atoms. The quantitative estimate of drug-likeness (QED) is 0.827. The molecular formula is C13H17NO3S. The van der Waals surface area contributed by atoms with Gasteiger partial charge in [0.15, 0.2) is 0 Å². The van der Waals surface area contributed by atoms with Crippen molar-refractivity contribution < 1.29 is 14.6 Å². The highest BCUT2D eigenvalue weighted by Gasteiger charge is 2.23. The van der Waals surface area contributed by atoms with Crippen LogP contribution in [-0.4, -0.2) is 54.1 Å². The summed E-state index contributed by atoms with van der Waals surface area (Å²) in [4.78, 5) is 14.9. The summed E-state index contributed by atoms with van der Waals surface area (Å²) in [5, 5.41) is 9.03. The lowest BCUT2D eigenvalue weighted by molar-refractivity contribution is -0.137.